The van der Waals surface area contributed by atoms with E-state index in [1.165, 1.54) is 24.3 Å². The van der Waals surface area contributed by atoms with E-state index in [0.29, 0.717) is 5.56 Å². The first-order valence-corrected chi connectivity index (χ1v) is 4.48. The summed E-state index contributed by atoms with van der Waals surface area (Å²) in [5.41, 5.74) is 5.40. The number of ketones is 1. The third-order valence-electron chi connectivity index (χ3n) is 2.23. The molecule has 76 valence electrons. The van der Waals surface area contributed by atoms with Gasteiger partial charge in [0.25, 0.3) is 0 Å². The molecule has 0 saturated heterocycles. The van der Waals surface area contributed by atoms with Gasteiger partial charge in [-0.15, -0.1) is 0 Å². The lowest BCUT2D eigenvalue weighted by molar-refractivity contribution is 0.0847. The first-order chi connectivity index (χ1) is 6.47. The number of hydrogen-bond acceptors (Lipinski definition) is 2. The Kier molecular flexibility index (Phi) is 3.01. The largest absolute Gasteiger partial charge is 0.329 e. The Labute approximate surface area is 82.9 Å². The van der Waals surface area contributed by atoms with Crippen LogP contribution < -0.4 is 5.73 Å². The number of halogens is 1. The molecular weight excluding hydrogens is 181 g/mol. The number of rotatable bonds is 3. The predicted molar refractivity (Wildman–Crippen MR) is 53.6 cm³/mol. The van der Waals surface area contributed by atoms with Crippen molar-refractivity contribution in [1.29, 1.82) is 0 Å². The summed E-state index contributed by atoms with van der Waals surface area (Å²) in [5, 5.41) is 0. The summed E-state index contributed by atoms with van der Waals surface area (Å²) in [7, 11) is 0. The lowest BCUT2D eigenvalue weighted by Gasteiger charge is -2.20. The standard InChI is InChI=1S/C11H14FNO/c1-11(2,7-13)10(14)8-3-5-9(12)6-4-8/h3-6H,7,13H2,1-2H3. The molecular formula is C11H14FNO. The number of benzene rings is 1. The van der Waals surface area contributed by atoms with Crippen molar-refractivity contribution < 1.29 is 9.18 Å². The van der Waals surface area contributed by atoms with Crippen molar-refractivity contribution in [1.82, 2.24) is 0 Å². The molecule has 0 atom stereocenters. The van der Waals surface area contributed by atoms with Crippen molar-refractivity contribution in [3.63, 3.8) is 0 Å². The smallest absolute Gasteiger partial charge is 0.169 e. The van der Waals surface area contributed by atoms with E-state index in [1.54, 1.807) is 13.8 Å². The summed E-state index contributed by atoms with van der Waals surface area (Å²) in [5.74, 6) is -0.396. The molecule has 0 unspecified atom stereocenters. The van der Waals surface area contributed by atoms with E-state index >= 15 is 0 Å². The summed E-state index contributed by atoms with van der Waals surface area (Å²) in [6.07, 6.45) is 0. The molecule has 0 radical (unpaired) electrons. The topological polar surface area (TPSA) is 43.1 Å². The van der Waals surface area contributed by atoms with Gasteiger partial charge in [0.15, 0.2) is 5.78 Å². The van der Waals surface area contributed by atoms with Gasteiger partial charge in [-0.1, -0.05) is 13.8 Å². The van der Waals surface area contributed by atoms with Crippen LogP contribution in [0.2, 0.25) is 0 Å². The fourth-order valence-corrected chi connectivity index (χ4v) is 1.08. The van der Waals surface area contributed by atoms with Crippen LogP contribution in [-0.4, -0.2) is 12.3 Å². The lowest BCUT2D eigenvalue weighted by atomic mass is 9.84. The van der Waals surface area contributed by atoms with Gasteiger partial charge in [-0.2, -0.15) is 0 Å². The Hall–Kier alpha value is -1.22. The normalized spacial score (nSPS) is 11.4. The van der Waals surface area contributed by atoms with Gasteiger partial charge < -0.3 is 5.73 Å². The lowest BCUT2D eigenvalue weighted by Crippen LogP contribution is -2.32. The second-order valence-corrected chi connectivity index (χ2v) is 3.92. The molecule has 0 fully saturated rings. The molecule has 3 heteroatoms. The Morgan fingerprint density at radius 1 is 1.36 bits per heavy atom. The fraction of sp³-hybridized carbons (Fsp3) is 0.364. The third-order valence-corrected chi connectivity index (χ3v) is 2.23. The minimum absolute atomic E-state index is 0.0556. The maximum Gasteiger partial charge on any atom is 0.169 e. The minimum atomic E-state index is -0.585. The second-order valence-electron chi connectivity index (χ2n) is 3.92. The maximum absolute atomic E-state index is 12.6. The Bertz CT molecular complexity index is 330. The fourth-order valence-electron chi connectivity index (χ4n) is 1.08. The molecule has 2 N–H and O–H groups in total. The first kappa shape index (κ1) is 10.9. The van der Waals surface area contributed by atoms with Crippen molar-refractivity contribution in [2.75, 3.05) is 6.54 Å². The van der Waals surface area contributed by atoms with E-state index in [9.17, 15) is 9.18 Å². The van der Waals surface area contributed by atoms with Crippen molar-refractivity contribution in [3.8, 4) is 0 Å². The first-order valence-electron chi connectivity index (χ1n) is 4.48. The van der Waals surface area contributed by atoms with E-state index in [2.05, 4.69) is 0 Å². The molecule has 0 aliphatic carbocycles. The van der Waals surface area contributed by atoms with Crippen LogP contribution in [0.15, 0.2) is 24.3 Å². The molecule has 0 bridgehead atoms. The molecule has 0 aliphatic rings. The van der Waals surface area contributed by atoms with E-state index in [-0.39, 0.29) is 18.1 Å². The molecule has 0 amide bonds. The van der Waals surface area contributed by atoms with E-state index < -0.39 is 5.41 Å². The highest BCUT2D eigenvalue weighted by Crippen LogP contribution is 2.20. The van der Waals surface area contributed by atoms with Crippen molar-refractivity contribution in [2.24, 2.45) is 11.1 Å². The van der Waals surface area contributed by atoms with Crippen LogP contribution in [0.5, 0.6) is 0 Å². The average molecular weight is 195 g/mol. The molecule has 0 aromatic heterocycles. The number of Topliss-reactive ketones (excluding diaryl/α,β-unsaturated/α-hetero) is 1. The monoisotopic (exact) mass is 195 g/mol. The maximum atomic E-state index is 12.6. The molecule has 0 heterocycles. The number of carbonyl (C=O) groups is 1. The van der Waals surface area contributed by atoms with Gasteiger partial charge in [0.2, 0.25) is 0 Å². The molecule has 0 spiro atoms. The second kappa shape index (κ2) is 3.88. The third kappa shape index (κ3) is 2.17. The SMILES string of the molecule is CC(C)(CN)C(=O)c1ccc(F)cc1. The molecule has 1 rings (SSSR count). The van der Waals surface area contributed by atoms with E-state index in [1.807, 2.05) is 0 Å². The van der Waals surface area contributed by atoms with Crippen LogP contribution in [0.3, 0.4) is 0 Å². The van der Waals surface area contributed by atoms with Gasteiger partial charge in [-0.05, 0) is 24.3 Å². The average Bonchev–Trinajstić information content (AvgIpc) is 2.18. The van der Waals surface area contributed by atoms with Crippen LogP contribution in [0.1, 0.15) is 24.2 Å². The summed E-state index contributed by atoms with van der Waals surface area (Å²) >= 11 is 0. The van der Waals surface area contributed by atoms with E-state index in [0.717, 1.165) is 0 Å². The van der Waals surface area contributed by atoms with Gasteiger partial charge in [-0.3, -0.25) is 4.79 Å². The van der Waals surface area contributed by atoms with Crippen LogP contribution in [-0.2, 0) is 0 Å². The Morgan fingerprint density at radius 2 is 1.86 bits per heavy atom. The number of hydrogen-bond donors (Lipinski definition) is 1. The summed E-state index contributed by atoms with van der Waals surface area (Å²) < 4.78 is 12.6. The quantitative estimate of drug-likeness (QED) is 0.749. The van der Waals surface area contributed by atoms with Crippen LogP contribution in [0.4, 0.5) is 4.39 Å². The predicted octanol–water partition coefficient (Wildman–Crippen LogP) is 1.99. The zero-order valence-corrected chi connectivity index (χ0v) is 8.38. The van der Waals surface area contributed by atoms with Gasteiger partial charge in [0, 0.05) is 17.5 Å². The van der Waals surface area contributed by atoms with Gasteiger partial charge >= 0.3 is 0 Å². The van der Waals surface area contributed by atoms with Gasteiger partial charge in [0.05, 0.1) is 0 Å². The molecule has 0 aliphatic heterocycles. The molecule has 0 saturated carbocycles. The highest BCUT2D eigenvalue weighted by Gasteiger charge is 2.26. The van der Waals surface area contributed by atoms with Crippen molar-refractivity contribution in [2.45, 2.75) is 13.8 Å². The molecule has 1 aromatic carbocycles. The van der Waals surface area contributed by atoms with Crippen molar-refractivity contribution >= 4 is 5.78 Å². The van der Waals surface area contributed by atoms with Crippen LogP contribution in [0, 0.1) is 11.2 Å². The summed E-state index contributed by atoms with van der Waals surface area (Å²) in [6, 6.07) is 5.52. The number of carbonyl (C=O) groups excluding carboxylic acids is 1. The van der Waals surface area contributed by atoms with E-state index in [4.69, 9.17) is 5.73 Å². The van der Waals surface area contributed by atoms with Crippen LogP contribution in [0.25, 0.3) is 0 Å². The van der Waals surface area contributed by atoms with Gasteiger partial charge in [-0.25, -0.2) is 4.39 Å². The number of nitrogens with two attached hydrogens (primary N) is 1. The Balaban J connectivity index is 2.96. The molecule has 1 aromatic rings. The van der Waals surface area contributed by atoms with Crippen molar-refractivity contribution in [3.05, 3.63) is 35.6 Å². The van der Waals surface area contributed by atoms with Crippen LogP contribution >= 0.6 is 0 Å². The zero-order chi connectivity index (χ0) is 10.8. The highest BCUT2D eigenvalue weighted by atomic mass is 19.1. The molecule has 14 heavy (non-hydrogen) atoms. The van der Waals surface area contributed by atoms with Gasteiger partial charge in [0.1, 0.15) is 5.82 Å². The molecule has 2 nitrogen and oxygen atoms in total. The minimum Gasteiger partial charge on any atom is -0.329 e. The Morgan fingerprint density at radius 3 is 2.29 bits per heavy atom. The summed E-state index contributed by atoms with van der Waals surface area (Å²) in [6.45, 7) is 3.83. The highest BCUT2D eigenvalue weighted by molar-refractivity contribution is 6.00. The zero-order valence-electron chi connectivity index (χ0n) is 8.38. The summed E-state index contributed by atoms with van der Waals surface area (Å²) in [4.78, 5) is 11.8.